The van der Waals surface area contributed by atoms with Crippen molar-refractivity contribution < 1.29 is 9.53 Å². The van der Waals surface area contributed by atoms with Crippen molar-refractivity contribution in [3.05, 3.63) is 48.4 Å². The Morgan fingerprint density at radius 1 is 1.36 bits per heavy atom. The van der Waals surface area contributed by atoms with E-state index in [4.69, 9.17) is 4.74 Å². The highest BCUT2D eigenvalue weighted by molar-refractivity contribution is 8.15. The summed E-state index contributed by atoms with van der Waals surface area (Å²) >= 11 is 1.33. The van der Waals surface area contributed by atoms with E-state index in [2.05, 4.69) is 25.5 Å². The standard InChI is InChI=1S/C14H11N5O2S/c20-12-9-22-14(18-12)19-17-7-10-2-1-3-11(6-10)21-13-8-15-4-5-16-13/h1-8H,9H2,(H,18,19,20). The number of amides is 1. The molecule has 1 aliphatic rings. The smallest absolute Gasteiger partial charge is 0.237 e. The van der Waals surface area contributed by atoms with Gasteiger partial charge in [-0.3, -0.25) is 9.78 Å². The fourth-order valence-corrected chi connectivity index (χ4v) is 2.28. The van der Waals surface area contributed by atoms with Gasteiger partial charge in [-0.2, -0.15) is 5.10 Å². The first kappa shape index (κ1) is 14.2. The lowest BCUT2D eigenvalue weighted by Gasteiger charge is -2.03. The number of benzene rings is 1. The third-order valence-corrected chi connectivity index (χ3v) is 3.43. The van der Waals surface area contributed by atoms with Crippen molar-refractivity contribution in [3.63, 3.8) is 0 Å². The third-order valence-electron chi connectivity index (χ3n) is 2.56. The second-order valence-electron chi connectivity index (χ2n) is 4.20. The molecule has 0 atom stereocenters. The number of hydrogen-bond donors (Lipinski definition) is 1. The Bertz CT molecular complexity index is 733. The first-order chi connectivity index (χ1) is 10.8. The summed E-state index contributed by atoms with van der Waals surface area (Å²) < 4.78 is 5.58. The summed E-state index contributed by atoms with van der Waals surface area (Å²) in [5, 5.41) is 11.0. The van der Waals surface area contributed by atoms with Gasteiger partial charge in [-0.1, -0.05) is 23.9 Å². The van der Waals surface area contributed by atoms with E-state index in [1.54, 1.807) is 24.7 Å². The highest BCUT2D eigenvalue weighted by Crippen LogP contribution is 2.18. The van der Waals surface area contributed by atoms with Crippen LogP contribution in [0, 0.1) is 0 Å². The maximum Gasteiger partial charge on any atom is 0.237 e. The summed E-state index contributed by atoms with van der Waals surface area (Å²) in [7, 11) is 0. The fraction of sp³-hybridized carbons (Fsp3) is 0.0714. The predicted molar refractivity (Wildman–Crippen MR) is 84.2 cm³/mol. The minimum Gasteiger partial charge on any atom is -0.437 e. The minimum absolute atomic E-state index is 0.0571. The number of nitrogens with one attached hydrogen (secondary N) is 1. The second-order valence-corrected chi connectivity index (χ2v) is 5.17. The van der Waals surface area contributed by atoms with E-state index in [9.17, 15) is 4.79 Å². The summed E-state index contributed by atoms with van der Waals surface area (Å²) in [6.45, 7) is 0. The molecule has 22 heavy (non-hydrogen) atoms. The molecule has 1 aromatic carbocycles. The van der Waals surface area contributed by atoms with Gasteiger partial charge in [-0.05, 0) is 17.7 Å². The minimum atomic E-state index is -0.0571. The lowest BCUT2D eigenvalue weighted by atomic mass is 10.2. The van der Waals surface area contributed by atoms with Gasteiger partial charge in [0.2, 0.25) is 11.8 Å². The first-order valence-electron chi connectivity index (χ1n) is 6.37. The predicted octanol–water partition coefficient (Wildman–Crippen LogP) is 1.82. The molecule has 8 heteroatoms. The molecule has 7 nitrogen and oxygen atoms in total. The molecule has 0 bridgehead atoms. The van der Waals surface area contributed by atoms with Gasteiger partial charge < -0.3 is 10.1 Å². The lowest BCUT2D eigenvalue weighted by Crippen LogP contribution is -2.19. The van der Waals surface area contributed by atoms with Crippen molar-refractivity contribution in [1.29, 1.82) is 0 Å². The van der Waals surface area contributed by atoms with Gasteiger partial charge in [0.05, 0.1) is 18.2 Å². The van der Waals surface area contributed by atoms with Crippen LogP contribution in [0.2, 0.25) is 0 Å². The first-order valence-corrected chi connectivity index (χ1v) is 7.36. The van der Waals surface area contributed by atoms with Crippen molar-refractivity contribution >= 4 is 29.1 Å². The van der Waals surface area contributed by atoms with Gasteiger partial charge >= 0.3 is 0 Å². The number of nitrogens with zero attached hydrogens (tertiary/aromatic N) is 4. The topological polar surface area (TPSA) is 88.8 Å². The normalized spacial score (nSPS) is 16.2. The second kappa shape index (κ2) is 6.81. The molecule has 1 fully saturated rings. The van der Waals surface area contributed by atoms with Crippen LogP contribution in [-0.2, 0) is 4.79 Å². The number of rotatable bonds is 4. The molecule has 0 unspecified atom stereocenters. The average Bonchev–Trinajstić information content (AvgIpc) is 2.94. The molecule has 1 aliphatic heterocycles. The van der Waals surface area contributed by atoms with Gasteiger partial charge in [0.15, 0.2) is 5.17 Å². The van der Waals surface area contributed by atoms with E-state index in [-0.39, 0.29) is 5.91 Å². The molecule has 2 aromatic rings. The number of thioether (sulfide) groups is 1. The number of ether oxygens (including phenoxy) is 1. The van der Waals surface area contributed by atoms with Crippen LogP contribution in [0.1, 0.15) is 5.56 Å². The van der Waals surface area contributed by atoms with Crippen molar-refractivity contribution in [3.8, 4) is 11.6 Å². The highest BCUT2D eigenvalue weighted by atomic mass is 32.2. The number of amidine groups is 1. The monoisotopic (exact) mass is 313 g/mol. The SMILES string of the molecule is O=C1CSC(=NN=Cc2cccc(Oc3cnccn3)c2)N1. The largest absolute Gasteiger partial charge is 0.437 e. The molecule has 0 aliphatic carbocycles. The van der Waals surface area contributed by atoms with E-state index >= 15 is 0 Å². The molecule has 110 valence electrons. The summed E-state index contributed by atoms with van der Waals surface area (Å²) in [6.07, 6.45) is 6.26. The van der Waals surface area contributed by atoms with Crippen LogP contribution in [0.25, 0.3) is 0 Å². The van der Waals surface area contributed by atoms with Crippen LogP contribution in [0.5, 0.6) is 11.6 Å². The molecule has 1 N–H and O–H groups in total. The van der Waals surface area contributed by atoms with E-state index in [1.807, 2.05) is 18.2 Å². The van der Waals surface area contributed by atoms with Gasteiger partial charge in [-0.15, -0.1) is 5.10 Å². The lowest BCUT2D eigenvalue weighted by molar-refractivity contribution is -0.116. The Kier molecular flexibility index (Phi) is 4.40. The van der Waals surface area contributed by atoms with Gasteiger partial charge in [-0.25, -0.2) is 4.98 Å². The van der Waals surface area contributed by atoms with Gasteiger partial charge in [0.25, 0.3) is 0 Å². The Labute approximate surface area is 130 Å². The molecular formula is C14H11N5O2S. The zero-order chi connectivity index (χ0) is 15.2. The maximum atomic E-state index is 11.0. The van der Waals surface area contributed by atoms with Crippen LogP contribution in [0.3, 0.4) is 0 Å². The fourth-order valence-electron chi connectivity index (χ4n) is 1.64. The summed E-state index contributed by atoms with van der Waals surface area (Å²) in [6, 6.07) is 7.32. The van der Waals surface area contributed by atoms with Gasteiger partial charge in [0, 0.05) is 12.4 Å². The molecule has 1 amide bonds. The zero-order valence-corrected chi connectivity index (χ0v) is 12.2. The van der Waals surface area contributed by atoms with Crippen molar-refractivity contribution in [1.82, 2.24) is 15.3 Å². The Morgan fingerprint density at radius 3 is 3.09 bits per heavy atom. The average molecular weight is 313 g/mol. The number of hydrogen-bond acceptors (Lipinski definition) is 7. The number of aromatic nitrogens is 2. The quantitative estimate of drug-likeness (QED) is 0.687. The Morgan fingerprint density at radius 2 is 2.32 bits per heavy atom. The maximum absolute atomic E-state index is 11.0. The third kappa shape index (κ3) is 3.89. The Hall–Kier alpha value is -2.74. The number of carbonyl (C=O) groups is 1. The number of carbonyl (C=O) groups excluding carboxylic acids is 1. The van der Waals surface area contributed by atoms with Crippen molar-refractivity contribution in [2.24, 2.45) is 10.2 Å². The molecule has 0 radical (unpaired) electrons. The van der Waals surface area contributed by atoms with Crippen molar-refractivity contribution in [2.75, 3.05) is 5.75 Å². The molecule has 3 rings (SSSR count). The van der Waals surface area contributed by atoms with Gasteiger partial charge in [0.1, 0.15) is 5.75 Å². The van der Waals surface area contributed by atoms with Crippen molar-refractivity contribution in [2.45, 2.75) is 0 Å². The summed E-state index contributed by atoms with van der Waals surface area (Å²) in [5.41, 5.74) is 0.820. The molecule has 1 saturated heterocycles. The van der Waals surface area contributed by atoms with Crippen LogP contribution >= 0.6 is 11.8 Å². The molecular weight excluding hydrogens is 302 g/mol. The van der Waals surface area contributed by atoms with E-state index in [0.29, 0.717) is 22.6 Å². The van der Waals surface area contributed by atoms with Crippen LogP contribution in [0.15, 0.2) is 53.1 Å². The molecule has 0 saturated carbocycles. The Balaban J connectivity index is 1.67. The molecule has 0 spiro atoms. The molecule has 2 heterocycles. The zero-order valence-electron chi connectivity index (χ0n) is 11.3. The van der Waals surface area contributed by atoms with E-state index in [1.165, 1.54) is 18.0 Å². The van der Waals surface area contributed by atoms with Crippen LogP contribution in [0.4, 0.5) is 0 Å². The van der Waals surface area contributed by atoms with Crippen LogP contribution < -0.4 is 10.1 Å². The molecule has 1 aromatic heterocycles. The summed E-state index contributed by atoms with van der Waals surface area (Å²) in [4.78, 5) is 19.0. The van der Waals surface area contributed by atoms with Crippen LogP contribution in [-0.4, -0.2) is 33.0 Å². The van der Waals surface area contributed by atoms with E-state index < -0.39 is 0 Å². The van der Waals surface area contributed by atoms with E-state index in [0.717, 1.165) is 5.56 Å². The summed E-state index contributed by atoms with van der Waals surface area (Å²) in [5.74, 6) is 1.37. The highest BCUT2D eigenvalue weighted by Gasteiger charge is 2.15.